The van der Waals surface area contributed by atoms with E-state index in [0.717, 1.165) is 0 Å². The molecule has 0 spiro atoms. The van der Waals surface area contributed by atoms with Crippen molar-refractivity contribution in [3.8, 4) is 5.75 Å². The lowest BCUT2D eigenvalue weighted by molar-refractivity contribution is -0.120. The fourth-order valence-corrected chi connectivity index (χ4v) is 2.02. The van der Waals surface area contributed by atoms with Crippen LogP contribution >= 0.6 is 15.9 Å². The van der Waals surface area contributed by atoms with E-state index in [9.17, 15) is 9.59 Å². The summed E-state index contributed by atoms with van der Waals surface area (Å²) in [4.78, 5) is 22.5. The van der Waals surface area contributed by atoms with Crippen molar-refractivity contribution >= 4 is 34.0 Å². The molecule has 0 aromatic heterocycles. The molecule has 19 heavy (non-hydrogen) atoms. The van der Waals surface area contributed by atoms with Gasteiger partial charge in [0.05, 0.1) is 10.2 Å². The van der Waals surface area contributed by atoms with E-state index in [-0.39, 0.29) is 11.7 Å². The normalized spacial score (nSPS) is 9.74. The van der Waals surface area contributed by atoms with Crippen molar-refractivity contribution in [3.05, 3.63) is 58.6 Å². The van der Waals surface area contributed by atoms with Crippen molar-refractivity contribution in [3.63, 3.8) is 0 Å². The molecule has 4 nitrogen and oxygen atoms in total. The van der Waals surface area contributed by atoms with E-state index in [0.29, 0.717) is 22.2 Å². The van der Waals surface area contributed by atoms with Gasteiger partial charge < -0.3 is 10.1 Å². The lowest BCUT2D eigenvalue weighted by Gasteiger charge is -2.10. The molecular formula is C14H10BrNO3. The van der Waals surface area contributed by atoms with E-state index < -0.39 is 0 Å². The van der Waals surface area contributed by atoms with Crippen molar-refractivity contribution in [1.29, 1.82) is 0 Å². The summed E-state index contributed by atoms with van der Waals surface area (Å²) in [6.45, 7) is 0.318. The van der Waals surface area contributed by atoms with Crippen molar-refractivity contribution in [2.24, 2.45) is 0 Å². The Labute approximate surface area is 118 Å². The molecule has 0 saturated carbocycles. The first-order valence-electron chi connectivity index (χ1n) is 5.47. The standard InChI is InChI=1S/C14H10BrNO3/c15-11-7-4-8-12(13(11)19-9-17)16-14(18)10-5-2-1-3-6-10/h1-9H,(H,16,18). The van der Waals surface area contributed by atoms with Gasteiger partial charge in [-0.3, -0.25) is 9.59 Å². The molecule has 0 unspecified atom stereocenters. The van der Waals surface area contributed by atoms with E-state index in [1.165, 1.54) is 0 Å². The fourth-order valence-electron chi connectivity index (χ4n) is 1.56. The molecule has 0 fully saturated rings. The number of para-hydroxylation sites is 1. The molecule has 1 amide bonds. The lowest BCUT2D eigenvalue weighted by atomic mass is 10.2. The number of ether oxygens (including phenoxy) is 1. The molecule has 1 N–H and O–H groups in total. The Hall–Kier alpha value is -2.14. The Morgan fingerprint density at radius 2 is 1.84 bits per heavy atom. The molecule has 0 aliphatic carbocycles. The van der Waals surface area contributed by atoms with Crippen LogP contribution in [0.2, 0.25) is 0 Å². The van der Waals surface area contributed by atoms with Crippen LogP contribution in [0.5, 0.6) is 5.75 Å². The largest absolute Gasteiger partial charge is 0.425 e. The van der Waals surface area contributed by atoms with Gasteiger partial charge in [-0.25, -0.2) is 0 Å². The lowest BCUT2D eigenvalue weighted by Crippen LogP contribution is -2.12. The highest BCUT2D eigenvalue weighted by molar-refractivity contribution is 9.10. The average Bonchev–Trinajstić information content (AvgIpc) is 2.43. The van der Waals surface area contributed by atoms with Gasteiger partial charge in [0.25, 0.3) is 12.4 Å². The Bertz CT molecular complexity index is 599. The second-order valence-electron chi connectivity index (χ2n) is 3.65. The van der Waals surface area contributed by atoms with Gasteiger partial charge >= 0.3 is 0 Å². The smallest absolute Gasteiger partial charge is 0.298 e. The predicted octanol–water partition coefficient (Wildman–Crippen LogP) is 3.24. The van der Waals surface area contributed by atoms with Gasteiger partial charge in [0, 0.05) is 5.56 Å². The summed E-state index contributed by atoms with van der Waals surface area (Å²) in [6.07, 6.45) is 0. The summed E-state index contributed by atoms with van der Waals surface area (Å²) in [5.41, 5.74) is 0.954. The molecule has 0 bridgehead atoms. The van der Waals surface area contributed by atoms with Crippen molar-refractivity contribution in [2.75, 3.05) is 5.32 Å². The Morgan fingerprint density at radius 3 is 2.53 bits per heavy atom. The number of nitrogens with one attached hydrogen (secondary N) is 1. The number of anilines is 1. The minimum absolute atomic E-state index is 0.269. The van der Waals surface area contributed by atoms with Crippen LogP contribution in [0.1, 0.15) is 10.4 Å². The van der Waals surface area contributed by atoms with Crippen molar-refractivity contribution in [2.45, 2.75) is 0 Å². The quantitative estimate of drug-likeness (QED) is 0.880. The van der Waals surface area contributed by atoms with Crippen LogP contribution in [0.15, 0.2) is 53.0 Å². The first kappa shape index (κ1) is 13.3. The topological polar surface area (TPSA) is 55.4 Å². The first-order valence-corrected chi connectivity index (χ1v) is 6.27. The number of benzene rings is 2. The van der Waals surface area contributed by atoms with Gasteiger partial charge in [0.1, 0.15) is 0 Å². The third-order valence-electron chi connectivity index (χ3n) is 2.42. The maximum atomic E-state index is 12.0. The Balaban J connectivity index is 2.26. The predicted molar refractivity (Wildman–Crippen MR) is 75.2 cm³/mol. The summed E-state index contributed by atoms with van der Waals surface area (Å²) in [6, 6.07) is 13.9. The molecule has 0 atom stereocenters. The minimum atomic E-state index is -0.269. The van der Waals surface area contributed by atoms with Crippen LogP contribution in [-0.2, 0) is 4.79 Å². The van der Waals surface area contributed by atoms with Crippen LogP contribution in [-0.4, -0.2) is 12.4 Å². The number of carbonyl (C=O) groups is 2. The van der Waals surface area contributed by atoms with Gasteiger partial charge in [-0.15, -0.1) is 0 Å². The fraction of sp³-hybridized carbons (Fsp3) is 0. The molecular weight excluding hydrogens is 310 g/mol. The molecule has 96 valence electrons. The van der Waals surface area contributed by atoms with Crippen molar-refractivity contribution in [1.82, 2.24) is 0 Å². The van der Waals surface area contributed by atoms with E-state index in [2.05, 4.69) is 21.2 Å². The molecule has 0 aliphatic rings. The van der Waals surface area contributed by atoms with Crippen LogP contribution in [0.25, 0.3) is 0 Å². The Kier molecular flexibility index (Phi) is 4.30. The van der Waals surface area contributed by atoms with Gasteiger partial charge in [-0.1, -0.05) is 24.3 Å². The molecule has 0 aliphatic heterocycles. The number of amides is 1. The van der Waals surface area contributed by atoms with Crippen molar-refractivity contribution < 1.29 is 14.3 Å². The van der Waals surface area contributed by atoms with Gasteiger partial charge in [-0.2, -0.15) is 0 Å². The zero-order valence-corrected chi connectivity index (χ0v) is 11.4. The van der Waals surface area contributed by atoms with E-state index >= 15 is 0 Å². The molecule has 2 rings (SSSR count). The minimum Gasteiger partial charge on any atom is -0.425 e. The number of hydrogen-bond donors (Lipinski definition) is 1. The summed E-state index contributed by atoms with van der Waals surface area (Å²) < 4.78 is 5.45. The highest BCUT2D eigenvalue weighted by Gasteiger charge is 2.12. The maximum absolute atomic E-state index is 12.0. The maximum Gasteiger partial charge on any atom is 0.298 e. The van der Waals surface area contributed by atoms with Crippen LogP contribution < -0.4 is 10.1 Å². The number of halogens is 1. The van der Waals surface area contributed by atoms with Crippen LogP contribution in [0, 0.1) is 0 Å². The van der Waals surface area contributed by atoms with E-state index in [1.54, 1.807) is 42.5 Å². The van der Waals surface area contributed by atoms with Gasteiger partial charge in [0.15, 0.2) is 5.75 Å². The summed E-state index contributed by atoms with van der Waals surface area (Å²) in [7, 11) is 0. The molecule has 2 aromatic carbocycles. The number of carbonyl (C=O) groups excluding carboxylic acids is 2. The zero-order chi connectivity index (χ0) is 13.7. The summed E-state index contributed by atoms with van der Waals surface area (Å²) in [5.74, 6) is 0.0104. The zero-order valence-electron chi connectivity index (χ0n) is 9.80. The highest BCUT2D eigenvalue weighted by Crippen LogP contribution is 2.33. The molecule has 0 radical (unpaired) electrons. The molecule has 0 heterocycles. The first-order chi connectivity index (χ1) is 9.22. The number of hydrogen-bond acceptors (Lipinski definition) is 3. The monoisotopic (exact) mass is 319 g/mol. The molecule has 2 aromatic rings. The van der Waals surface area contributed by atoms with E-state index in [1.807, 2.05) is 6.07 Å². The molecule has 5 heteroatoms. The average molecular weight is 320 g/mol. The second kappa shape index (κ2) is 6.15. The Morgan fingerprint density at radius 1 is 1.11 bits per heavy atom. The third-order valence-corrected chi connectivity index (χ3v) is 3.04. The van der Waals surface area contributed by atoms with E-state index in [4.69, 9.17) is 4.74 Å². The second-order valence-corrected chi connectivity index (χ2v) is 4.51. The van der Waals surface area contributed by atoms with Gasteiger partial charge in [0.2, 0.25) is 0 Å². The van der Waals surface area contributed by atoms with Crippen LogP contribution in [0.4, 0.5) is 5.69 Å². The van der Waals surface area contributed by atoms with Crippen LogP contribution in [0.3, 0.4) is 0 Å². The number of rotatable bonds is 4. The SMILES string of the molecule is O=COc1c(Br)cccc1NC(=O)c1ccccc1. The highest BCUT2D eigenvalue weighted by atomic mass is 79.9. The third kappa shape index (κ3) is 3.20. The molecule has 0 saturated heterocycles. The van der Waals surface area contributed by atoms with Gasteiger partial charge in [-0.05, 0) is 40.2 Å². The summed E-state index contributed by atoms with van der Waals surface area (Å²) in [5, 5.41) is 2.70. The summed E-state index contributed by atoms with van der Waals surface area (Å²) >= 11 is 3.26.